The van der Waals surface area contributed by atoms with Crippen molar-refractivity contribution in [2.45, 2.75) is 6.04 Å². The lowest BCUT2D eigenvalue weighted by Gasteiger charge is -2.17. The first kappa shape index (κ1) is 19.5. The highest BCUT2D eigenvalue weighted by molar-refractivity contribution is 5.97. The number of amides is 1. The summed E-state index contributed by atoms with van der Waals surface area (Å²) in [4.78, 5) is 12.8. The Morgan fingerprint density at radius 3 is 2.57 bits per heavy atom. The van der Waals surface area contributed by atoms with E-state index in [1.165, 1.54) is 0 Å². The fraction of sp³-hybridized carbons (Fsp3) is 0.130. The zero-order chi connectivity index (χ0) is 20.9. The number of hydrogen-bond acceptors (Lipinski definition) is 5. The summed E-state index contributed by atoms with van der Waals surface area (Å²) in [5, 5.41) is 13.9. The zero-order valence-corrected chi connectivity index (χ0v) is 16.7. The van der Waals surface area contributed by atoms with Gasteiger partial charge in [0, 0.05) is 17.1 Å². The molecule has 0 radical (unpaired) electrons. The third-order valence-corrected chi connectivity index (χ3v) is 4.75. The predicted octanol–water partition coefficient (Wildman–Crippen LogP) is 4.26. The molecule has 30 heavy (non-hydrogen) atoms. The monoisotopic (exact) mass is 402 g/mol. The summed E-state index contributed by atoms with van der Waals surface area (Å²) in [6.45, 7) is 0. The third-order valence-electron chi connectivity index (χ3n) is 4.75. The molecule has 3 aromatic carbocycles. The maximum atomic E-state index is 12.8. The number of rotatable bonds is 7. The van der Waals surface area contributed by atoms with Crippen molar-refractivity contribution in [2.75, 3.05) is 19.5 Å². The van der Waals surface area contributed by atoms with Gasteiger partial charge in [-0.05, 0) is 55.1 Å². The largest absolute Gasteiger partial charge is 0.497 e. The first-order valence-electron chi connectivity index (χ1n) is 9.49. The van der Waals surface area contributed by atoms with Gasteiger partial charge in [0.25, 0.3) is 0 Å². The Morgan fingerprint density at radius 1 is 1.00 bits per heavy atom. The van der Waals surface area contributed by atoms with Crippen LogP contribution in [-0.4, -0.2) is 30.3 Å². The molecule has 0 aliphatic heterocycles. The average molecular weight is 402 g/mol. The van der Waals surface area contributed by atoms with E-state index in [1.807, 2.05) is 66.7 Å². The maximum absolute atomic E-state index is 12.8. The van der Waals surface area contributed by atoms with Crippen molar-refractivity contribution >= 4 is 22.5 Å². The van der Waals surface area contributed by atoms with Crippen LogP contribution in [0, 0.1) is 0 Å². The summed E-state index contributed by atoms with van der Waals surface area (Å²) in [5.41, 5.74) is 2.47. The molecule has 0 bridgehead atoms. The molecule has 0 saturated heterocycles. The summed E-state index contributed by atoms with van der Waals surface area (Å²) < 4.78 is 11.1. The normalized spacial score (nSPS) is 11.8. The van der Waals surface area contributed by atoms with E-state index in [1.54, 1.807) is 20.4 Å². The van der Waals surface area contributed by atoms with E-state index in [9.17, 15) is 4.79 Å². The minimum absolute atomic E-state index is 0.151. The molecule has 0 aliphatic carbocycles. The van der Waals surface area contributed by atoms with Crippen LogP contribution in [-0.2, 0) is 4.79 Å². The number of anilines is 1. The first-order valence-corrected chi connectivity index (χ1v) is 9.49. The Kier molecular flexibility index (Phi) is 5.63. The summed E-state index contributed by atoms with van der Waals surface area (Å²) in [6, 6.07) is 19.9. The van der Waals surface area contributed by atoms with Crippen molar-refractivity contribution in [3.8, 4) is 17.2 Å². The zero-order valence-electron chi connectivity index (χ0n) is 16.7. The van der Waals surface area contributed by atoms with Crippen molar-refractivity contribution in [3.63, 3.8) is 0 Å². The van der Waals surface area contributed by atoms with E-state index in [4.69, 9.17) is 9.47 Å². The van der Waals surface area contributed by atoms with Crippen LogP contribution >= 0.6 is 0 Å². The van der Waals surface area contributed by atoms with Gasteiger partial charge in [0.15, 0.2) is 0 Å². The lowest BCUT2D eigenvalue weighted by atomic mass is 10.1. The van der Waals surface area contributed by atoms with Crippen molar-refractivity contribution in [2.24, 2.45) is 0 Å². The van der Waals surface area contributed by atoms with E-state index in [0.717, 1.165) is 22.2 Å². The molecule has 152 valence electrons. The van der Waals surface area contributed by atoms with Gasteiger partial charge in [-0.25, -0.2) is 0 Å². The van der Waals surface area contributed by atoms with E-state index in [0.29, 0.717) is 17.2 Å². The van der Waals surface area contributed by atoms with Crippen molar-refractivity contribution in [3.05, 3.63) is 78.5 Å². The summed E-state index contributed by atoms with van der Waals surface area (Å²) >= 11 is 0. The number of carbonyl (C=O) groups is 1. The molecule has 1 heterocycles. The number of aromatic nitrogens is 2. The highest BCUT2D eigenvalue weighted by Crippen LogP contribution is 2.27. The number of H-pyrrole nitrogens is 1. The highest BCUT2D eigenvalue weighted by Gasteiger charge is 2.19. The Labute approximate surface area is 174 Å². The second-order valence-electron chi connectivity index (χ2n) is 6.73. The van der Waals surface area contributed by atoms with Crippen LogP contribution in [0.1, 0.15) is 11.6 Å². The molecule has 4 aromatic rings. The van der Waals surface area contributed by atoms with Gasteiger partial charge in [-0.15, -0.1) is 0 Å². The van der Waals surface area contributed by atoms with Gasteiger partial charge in [-0.1, -0.05) is 18.2 Å². The lowest BCUT2D eigenvalue weighted by molar-refractivity contribution is -0.118. The molecule has 1 unspecified atom stereocenters. The van der Waals surface area contributed by atoms with Crippen molar-refractivity contribution in [1.29, 1.82) is 0 Å². The fourth-order valence-electron chi connectivity index (χ4n) is 3.21. The van der Waals surface area contributed by atoms with Crippen LogP contribution in [0.4, 0.5) is 5.69 Å². The Morgan fingerprint density at radius 2 is 1.80 bits per heavy atom. The minimum Gasteiger partial charge on any atom is -0.497 e. The predicted molar refractivity (Wildman–Crippen MR) is 116 cm³/mol. The standard InChI is InChI=1S/C23H22N4O3/c1-24-22(23(28)26-17-8-11-21-16(12-17)14-25-27-21)15-6-9-18(10-7-15)30-20-5-3-4-19(13-20)29-2/h3-14,22,24H,1-2H3,(H,25,27)(H,26,28). The molecular formula is C23H22N4O3. The molecule has 4 rings (SSSR count). The van der Waals surface area contributed by atoms with Crippen LogP contribution in [0.25, 0.3) is 10.9 Å². The number of methoxy groups -OCH3 is 1. The molecule has 0 saturated carbocycles. The number of carbonyl (C=O) groups excluding carboxylic acids is 1. The molecule has 3 N–H and O–H groups in total. The number of hydrogen-bond donors (Lipinski definition) is 3. The fourth-order valence-corrected chi connectivity index (χ4v) is 3.21. The second-order valence-corrected chi connectivity index (χ2v) is 6.73. The number of ether oxygens (including phenoxy) is 2. The topological polar surface area (TPSA) is 88.3 Å². The summed E-state index contributed by atoms with van der Waals surface area (Å²) in [6.07, 6.45) is 1.72. The number of aromatic amines is 1. The van der Waals surface area contributed by atoms with Crippen LogP contribution in [0.3, 0.4) is 0 Å². The van der Waals surface area contributed by atoms with E-state index < -0.39 is 6.04 Å². The van der Waals surface area contributed by atoms with Crippen LogP contribution in [0.15, 0.2) is 72.9 Å². The van der Waals surface area contributed by atoms with Gasteiger partial charge in [0.05, 0.1) is 18.8 Å². The van der Waals surface area contributed by atoms with Gasteiger partial charge >= 0.3 is 0 Å². The first-order chi connectivity index (χ1) is 14.7. The average Bonchev–Trinajstić information content (AvgIpc) is 3.23. The van der Waals surface area contributed by atoms with Crippen LogP contribution in [0.2, 0.25) is 0 Å². The van der Waals surface area contributed by atoms with Crippen LogP contribution < -0.4 is 20.1 Å². The van der Waals surface area contributed by atoms with Crippen LogP contribution in [0.5, 0.6) is 17.2 Å². The Bertz CT molecular complexity index is 1150. The smallest absolute Gasteiger partial charge is 0.246 e. The summed E-state index contributed by atoms with van der Waals surface area (Å²) in [7, 11) is 3.37. The van der Waals surface area contributed by atoms with Gasteiger partial charge < -0.3 is 20.1 Å². The Balaban J connectivity index is 1.46. The Hall–Kier alpha value is -3.84. The number of nitrogens with zero attached hydrogens (tertiary/aromatic N) is 1. The molecule has 7 heteroatoms. The van der Waals surface area contributed by atoms with E-state index in [2.05, 4.69) is 20.8 Å². The van der Waals surface area contributed by atoms with Gasteiger partial charge in [-0.3, -0.25) is 9.89 Å². The minimum atomic E-state index is -0.504. The van der Waals surface area contributed by atoms with Gasteiger partial charge in [-0.2, -0.15) is 5.10 Å². The van der Waals surface area contributed by atoms with Gasteiger partial charge in [0.1, 0.15) is 23.3 Å². The molecule has 1 amide bonds. The maximum Gasteiger partial charge on any atom is 0.246 e. The third kappa shape index (κ3) is 4.26. The molecule has 0 spiro atoms. The quantitative estimate of drug-likeness (QED) is 0.430. The lowest BCUT2D eigenvalue weighted by Crippen LogP contribution is -2.30. The molecule has 0 aliphatic rings. The molecule has 0 fully saturated rings. The molecule has 1 aromatic heterocycles. The van der Waals surface area contributed by atoms with Gasteiger partial charge in [0.2, 0.25) is 5.91 Å². The van der Waals surface area contributed by atoms with Crippen molar-refractivity contribution in [1.82, 2.24) is 15.5 Å². The number of likely N-dealkylation sites (N-methyl/N-ethyl adjacent to an activating group) is 1. The highest BCUT2D eigenvalue weighted by atomic mass is 16.5. The van der Waals surface area contributed by atoms with Crippen molar-refractivity contribution < 1.29 is 14.3 Å². The van der Waals surface area contributed by atoms with E-state index >= 15 is 0 Å². The summed E-state index contributed by atoms with van der Waals surface area (Å²) in [5.74, 6) is 1.93. The molecule has 7 nitrogen and oxygen atoms in total. The molecular weight excluding hydrogens is 380 g/mol. The number of nitrogens with one attached hydrogen (secondary N) is 3. The van der Waals surface area contributed by atoms with E-state index in [-0.39, 0.29) is 5.91 Å². The SMILES string of the molecule is CNC(C(=O)Nc1ccc2[nH]ncc2c1)c1ccc(Oc2cccc(OC)c2)cc1. The molecule has 1 atom stereocenters. The second kappa shape index (κ2) is 8.67. The number of benzene rings is 3. The number of fused-ring (bicyclic) bond motifs is 1.